The fraction of sp³-hybridized carbons (Fsp3) is 0.273. The number of amides is 1. The average molecular weight is 393 g/mol. The molecule has 7 heteroatoms. The molecular weight excluding hydrogens is 370 g/mol. The van der Waals surface area contributed by atoms with Gasteiger partial charge in [0.25, 0.3) is 5.91 Å². The Hall–Kier alpha value is -3.48. The van der Waals surface area contributed by atoms with Gasteiger partial charge < -0.3 is 24.2 Å². The van der Waals surface area contributed by atoms with Gasteiger partial charge in [0, 0.05) is 31.4 Å². The van der Waals surface area contributed by atoms with Crippen LogP contribution in [0, 0.1) is 6.92 Å². The summed E-state index contributed by atoms with van der Waals surface area (Å²) in [6, 6.07) is 15.6. The van der Waals surface area contributed by atoms with Gasteiger partial charge in [-0.05, 0) is 43.7 Å². The molecule has 0 atom stereocenters. The molecule has 2 aromatic carbocycles. The van der Waals surface area contributed by atoms with Crippen molar-refractivity contribution in [2.24, 2.45) is 0 Å². The normalized spacial score (nSPS) is 12.1. The van der Waals surface area contributed by atoms with Gasteiger partial charge in [-0.2, -0.15) is 0 Å². The highest BCUT2D eigenvalue weighted by Gasteiger charge is 2.23. The summed E-state index contributed by atoms with van der Waals surface area (Å²) in [6.45, 7) is 3.35. The Labute approximate surface area is 169 Å². The third kappa shape index (κ3) is 4.03. The molecule has 4 rings (SSSR count). The number of aromatic nitrogens is 1. The van der Waals surface area contributed by atoms with Crippen LogP contribution in [0.15, 0.2) is 53.1 Å². The zero-order valence-electron chi connectivity index (χ0n) is 16.5. The molecule has 7 nitrogen and oxygen atoms in total. The molecule has 1 aliphatic rings. The maximum atomic E-state index is 12.8. The maximum absolute atomic E-state index is 12.8. The predicted molar refractivity (Wildman–Crippen MR) is 109 cm³/mol. The number of ether oxygens (including phenoxy) is 2. The fourth-order valence-corrected chi connectivity index (χ4v) is 3.29. The number of benzene rings is 2. The van der Waals surface area contributed by atoms with Crippen molar-refractivity contribution in [1.29, 1.82) is 0 Å². The number of hydrogen-bond acceptors (Lipinski definition) is 6. The van der Waals surface area contributed by atoms with Crippen LogP contribution in [0.1, 0.15) is 22.5 Å². The van der Waals surface area contributed by atoms with Crippen molar-refractivity contribution < 1.29 is 18.8 Å². The van der Waals surface area contributed by atoms with Crippen LogP contribution in [0.25, 0.3) is 11.3 Å². The molecule has 1 aromatic heterocycles. The second-order valence-electron chi connectivity index (χ2n) is 6.91. The molecule has 0 radical (unpaired) electrons. The molecule has 0 unspecified atom stereocenters. The predicted octanol–water partition coefficient (Wildman–Crippen LogP) is 3.64. The van der Waals surface area contributed by atoms with E-state index in [0.29, 0.717) is 35.1 Å². The highest BCUT2D eigenvalue weighted by atomic mass is 16.7. The minimum atomic E-state index is -0.196. The molecule has 0 spiro atoms. The van der Waals surface area contributed by atoms with Crippen molar-refractivity contribution >= 4 is 11.6 Å². The zero-order valence-corrected chi connectivity index (χ0v) is 16.5. The van der Waals surface area contributed by atoms with Gasteiger partial charge in [-0.25, -0.2) is 0 Å². The van der Waals surface area contributed by atoms with Crippen molar-refractivity contribution in [2.45, 2.75) is 13.3 Å². The zero-order chi connectivity index (χ0) is 20.2. The van der Waals surface area contributed by atoms with Crippen LogP contribution in [0.2, 0.25) is 0 Å². The largest absolute Gasteiger partial charge is 0.454 e. The molecule has 1 N–H and O–H groups in total. The van der Waals surface area contributed by atoms with E-state index in [4.69, 9.17) is 14.0 Å². The highest BCUT2D eigenvalue weighted by Crippen LogP contribution is 2.37. The number of rotatable bonds is 7. The van der Waals surface area contributed by atoms with Gasteiger partial charge in [-0.1, -0.05) is 23.4 Å². The Balaban J connectivity index is 1.39. The monoisotopic (exact) mass is 393 g/mol. The number of nitrogens with zero attached hydrogens (tertiary/aromatic N) is 2. The Bertz CT molecular complexity index is 1000. The number of para-hydroxylation sites is 1. The van der Waals surface area contributed by atoms with Crippen LogP contribution >= 0.6 is 0 Å². The average Bonchev–Trinajstić information content (AvgIpc) is 3.37. The summed E-state index contributed by atoms with van der Waals surface area (Å²) < 4.78 is 16.2. The van der Waals surface area contributed by atoms with Crippen LogP contribution in [0.4, 0.5) is 5.69 Å². The summed E-state index contributed by atoms with van der Waals surface area (Å²) in [5.41, 5.74) is 2.87. The summed E-state index contributed by atoms with van der Waals surface area (Å²) in [5.74, 6) is 1.55. The lowest BCUT2D eigenvalue weighted by atomic mass is 10.1. The number of carbonyl (C=O) groups is 1. The molecule has 3 aromatic rings. The van der Waals surface area contributed by atoms with Crippen molar-refractivity contribution in [1.82, 2.24) is 10.5 Å². The van der Waals surface area contributed by atoms with Crippen molar-refractivity contribution in [2.75, 3.05) is 31.8 Å². The molecule has 1 amide bonds. The third-order valence-electron chi connectivity index (χ3n) is 4.88. The summed E-state index contributed by atoms with van der Waals surface area (Å²) in [4.78, 5) is 15.0. The number of carbonyl (C=O) groups excluding carboxylic acids is 1. The topological polar surface area (TPSA) is 76.8 Å². The van der Waals surface area contributed by atoms with E-state index in [0.717, 1.165) is 24.2 Å². The van der Waals surface area contributed by atoms with E-state index in [1.165, 1.54) is 0 Å². The molecule has 0 fully saturated rings. The Morgan fingerprint density at radius 1 is 1.14 bits per heavy atom. The summed E-state index contributed by atoms with van der Waals surface area (Å²) >= 11 is 0. The lowest BCUT2D eigenvalue weighted by molar-refractivity contribution is 0.0953. The van der Waals surface area contributed by atoms with E-state index in [2.05, 4.69) is 27.5 Å². The van der Waals surface area contributed by atoms with Crippen molar-refractivity contribution in [3.05, 3.63) is 59.8 Å². The van der Waals surface area contributed by atoms with Crippen LogP contribution in [-0.2, 0) is 0 Å². The van der Waals surface area contributed by atoms with E-state index in [9.17, 15) is 4.79 Å². The molecular formula is C22H23N3O4. The van der Waals surface area contributed by atoms with Gasteiger partial charge in [0.2, 0.25) is 6.79 Å². The van der Waals surface area contributed by atoms with E-state index < -0.39 is 0 Å². The Kier molecular flexibility index (Phi) is 5.37. The summed E-state index contributed by atoms with van der Waals surface area (Å²) in [7, 11) is 2.04. The van der Waals surface area contributed by atoms with E-state index in [1.807, 2.05) is 31.3 Å². The molecule has 2 heterocycles. The van der Waals surface area contributed by atoms with Crippen molar-refractivity contribution in [3.63, 3.8) is 0 Å². The van der Waals surface area contributed by atoms with Gasteiger partial charge in [-0.3, -0.25) is 4.79 Å². The minimum absolute atomic E-state index is 0.193. The van der Waals surface area contributed by atoms with E-state index in [-0.39, 0.29) is 12.7 Å². The summed E-state index contributed by atoms with van der Waals surface area (Å²) in [5, 5.41) is 6.96. The number of fused-ring (bicyclic) bond motifs is 1. The number of anilines is 1. The van der Waals surface area contributed by atoms with Crippen LogP contribution in [-0.4, -0.2) is 38.0 Å². The quantitative estimate of drug-likeness (QED) is 0.618. The van der Waals surface area contributed by atoms with E-state index in [1.54, 1.807) is 19.1 Å². The fourth-order valence-electron chi connectivity index (χ4n) is 3.29. The lowest BCUT2D eigenvalue weighted by Crippen LogP contribution is -2.28. The summed E-state index contributed by atoms with van der Waals surface area (Å²) in [6.07, 6.45) is 0.820. The maximum Gasteiger partial charge on any atom is 0.257 e. The molecule has 0 saturated heterocycles. The SMILES string of the molecule is Cc1noc(-c2ccc3c(c2)OCO3)c1C(=O)NCCCN(C)c1ccccc1. The smallest absolute Gasteiger partial charge is 0.257 e. The van der Waals surface area contributed by atoms with Crippen LogP contribution in [0.5, 0.6) is 11.5 Å². The number of nitrogens with one attached hydrogen (secondary N) is 1. The lowest BCUT2D eigenvalue weighted by Gasteiger charge is -2.19. The number of aryl methyl sites for hydroxylation is 1. The molecule has 0 saturated carbocycles. The standard InChI is InChI=1S/C22H23N3O4/c1-15-20(21(29-24-15)16-9-10-18-19(13-16)28-14-27-18)22(26)23-11-6-12-25(2)17-7-4-3-5-8-17/h3-5,7-10,13H,6,11-12,14H2,1-2H3,(H,23,26). The highest BCUT2D eigenvalue weighted by molar-refractivity contribution is 6.00. The molecule has 150 valence electrons. The van der Waals surface area contributed by atoms with Gasteiger partial charge in [0.05, 0.1) is 5.69 Å². The van der Waals surface area contributed by atoms with Gasteiger partial charge in [-0.15, -0.1) is 0 Å². The number of hydrogen-bond donors (Lipinski definition) is 1. The van der Waals surface area contributed by atoms with Gasteiger partial charge in [0.1, 0.15) is 5.56 Å². The first-order chi connectivity index (χ1) is 14.1. The van der Waals surface area contributed by atoms with Crippen LogP contribution in [0.3, 0.4) is 0 Å². The molecule has 1 aliphatic heterocycles. The van der Waals surface area contributed by atoms with Gasteiger partial charge >= 0.3 is 0 Å². The first kappa shape index (κ1) is 18.9. The molecule has 29 heavy (non-hydrogen) atoms. The Morgan fingerprint density at radius 2 is 1.93 bits per heavy atom. The molecule has 0 bridgehead atoms. The first-order valence-corrected chi connectivity index (χ1v) is 9.54. The second kappa shape index (κ2) is 8.26. The first-order valence-electron chi connectivity index (χ1n) is 9.54. The van der Waals surface area contributed by atoms with Crippen molar-refractivity contribution in [3.8, 4) is 22.8 Å². The Morgan fingerprint density at radius 3 is 2.76 bits per heavy atom. The third-order valence-corrected chi connectivity index (χ3v) is 4.88. The van der Waals surface area contributed by atoms with E-state index >= 15 is 0 Å². The molecule has 0 aliphatic carbocycles. The van der Waals surface area contributed by atoms with Crippen LogP contribution < -0.4 is 19.7 Å². The second-order valence-corrected chi connectivity index (χ2v) is 6.91. The van der Waals surface area contributed by atoms with Gasteiger partial charge in [0.15, 0.2) is 17.3 Å². The minimum Gasteiger partial charge on any atom is -0.454 e.